The Morgan fingerprint density at radius 3 is 2.69 bits per heavy atom. The van der Waals surface area contributed by atoms with Gasteiger partial charge in [0.25, 0.3) is 0 Å². The summed E-state index contributed by atoms with van der Waals surface area (Å²) in [5.74, 6) is 1.49. The number of pyridine rings is 1. The Labute approximate surface area is 187 Å². The fourth-order valence-corrected chi connectivity index (χ4v) is 4.18. The van der Waals surface area contributed by atoms with Gasteiger partial charge in [-0.3, -0.25) is 0 Å². The van der Waals surface area contributed by atoms with Crippen LogP contribution in [-0.2, 0) is 11.2 Å². The van der Waals surface area contributed by atoms with Crippen molar-refractivity contribution in [3.05, 3.63) is 42.1 Å². The quantitative estimate of drug-likeness (QED) is 0.407. The lowest BCUT2D eigenvalue weighted by Gasteiger charge is -2.27. The number of hydrogen-bond acceptors (Lipinski definition) is 7. The summed E-state index contributed by atoms with van der Waals surface area (Å²) in [6, 6.07) is 11.2. The molecule has 0 atom stereocenters. The van der Waals surface area contributed by atoms with Gasteiger partial charge in [0.2, 0.25) is 5.71 Å². The molecule has 1 aromatic carbocycles. The van der Waals surface area contributed by atoms with Crippen molar-refractivity contribution in [1.29, 1.82) is 0 Å². The van der Waals surface area contributed by atoms with Gasteiger partial charge < -0.3 is 19.2 Å². The SMILES string of the molecule is CCCCCCc1ccc2c(n1)oc1c(N3CCOCC3)nc(-c3cccc(O)c3)nc12. The molecule has 166 valence electrons. The van der Waals surface area contributed by atoms with Gasteiger partial charge in [-0.2, -0.15) is 0 Å². The molecule has 0 bridgehead atoms. The number of aromatic hydroxyl groups is 1. The van der Waals surface area contributed by atoms with Crippen LogP contribution in [0.3, 0.4) is 0 Å². The molecule has 0 amide bonds. The van der Waals surface area contributed by atoms with E-state index in [1.165, 1.54) is 19.3 Å². The zero-order valence-electron chi connectivity index (χ0n) is 18.4. The average molecular weight is 433 g/mol. The minimum atomic E-state index is 0.186. The molecule has 0 radical (unpaired) electrons. The van der Waals surface area contributed by atoms with Gasteiger partial charge in [-0.05, 0) is 37.1 Å². The van der Waals surface area contributed by atoms with Crippen LogP contribution in [0, 0.1) is 0 Å². The van der Waals surface area contributed by atoms with Crippen LogP contribution in [0.5, 0.6) is 5.75 Å². The second kappa shape index (κ2) is 9.12. The molecule has 0 saturated carbocycles. The zero-order chi connectivity index (χ0) is 21.9. The number of phenolic OH excluding ortho intramolecular Hbond substituents is 1. The first-order chi connectivity index (χ1) is 15.7. The lowest BCUT2D eigenvalue weighted by Crippen LogP contribution is -2.37. The van der Waals surface area contributed by atoms with E-state index in [-0.39, 0.29) is 5.75 Å². The van der Waals surface area contributed by atoms with Crippen LogP contribution < -0.4 is 4.90 Å². The van der Waals surface area contributed by atoms with Crippen LogP contribution in [0.2, 0.25) is 0 Å². The van der Waals surface area contributed by atoms with E-state index in [0.717, 1.165) is 53.9 Å². The van der Waals surface area contributed by atoms with Crippen molar-refractivity contribution in [2.45, 2.75) is 39.0 Å². The highest BCUT2D eigenvalue weighted by molar-refractivity contribution is 6.05. The number of aromatic nitrogens is 3. The van der Waals surface area contributed by atoms with Crippen molar-refractivity contribution in [3.63, 3.8) is 0 Å². The summed E-state index contributed by atoms with van der Waals surface area (Å²) in [7, 11) is 0. The Kier molecular flexibility index (Phi) is 5.90. The highest BCUT2D eigenvalue weighted by Crippen LogP contribution is 2.35. The summed E-state index contributed by atoms with van der Waals surface area (Å²) in [6.45, 7) is 4.98. The molecule has 1 saturated heterocycles. The van der Waals surface area contributed by atoms with Crippen LogP contribution in [0.1, 0.15) is 38.3 Å². The highest BCUT2D eigenvalue weighted by Gasteiger charge is 2.23. The maximum absolute atomic E-state index is 9.96. The third-order valence-corrected chi connectivity index (χ3v) is 5.92. The Morgan fingerprint density at radius 1 is 1.00 bits per heavy atom. The molecule has 1 N–H and O–H groups in total. The van der Waals surface area contributed by atoms with Gasteiger partial charge in [0, 0.05) is 24.3 Å². The van der Waals surface area contributed by atoms with Crippen LogP contribution in [0.15, 0.2) is 40.8 Å². The number of morpholine rings is 1. The first-order valence-corrected chi connectivity index (χ1v) is 11.4. The molecule has 32 heavy (non-hydrogen) atoms. The largest absolute Gasteiger partial charge is 0.508 e. The number of phenols is 1. The van der Waals surface area contributed by atoms with Crippen LogP contribution in [0.25, 0.3) is 33.6 Å². The van der Waals surface area contributed by atoms with Crippen molar-refractivity contribution in [3.8, 4) is 17.1 Å². The molecule has 4 aromatic rings. The number of anilines is 1. The molecule has 7 heteroatoms. The molecule has 3 aromatic heterocycles. The van der Waals surface area contributed by atoms with E-state index in [4.69, 9.17) is 24.1 Å². The van der Waals surface area contributed by atoms with E-state index < -0.39 is 0 Å². The number of hydrogen-bond donors (Lipinski definition) is 1. The van der Waals surface area contributed by atoms with E-state index in [1.54, 1.807) is 18.2 Å². The number of fused-ring (bicyclic) bond motifs is 3. The number of benzene rings is 1. The molecule has 1 aliphatic heterocycles. The van der Waals surface area contributed by atoms with E-state index >= 15 is 0 Å². The number of rotatable bonds is 7. The normalized spacial score (nSPS) is 14.5. The number of ether oxygens (including phenoxy) is 1. The van der Waals surface area contributed by atoms with E-state index in [2.05, 4.69) is 24.0 Å². The van der Waals surface area contributed by atoms with Gasteiger partial charge in [-0.25, -0.2) is 15.0 Å². The summed E-state index contributed by atoms with van der Waals surface area (Å²) in [6.07, 6.45) is 5.77. The second-order valence-electron chi connectivity index (χ2n) is 8.27. The van der Waals surface area contributed by atoms with Gasteiger partial charge in [0.05, 0.1) is 18.6 Å². The lowest BCUT2D eigenvalue weighted by atomic mass is 10.1. The van der Waals surface area contributed by atoms with Crippen molar-refractivity contribution in [1.82, 2.24) is 15.0 Å². The number of aryl methyl sites for hydroxylation is 1. The molecule has 1 aliphatic rings. The Bertz CT molecular complexity index is 1230. The molecule has 0 spiro atoms. The van der Waals surface area contributed by atoms with E-state index in [0.29, 0.717) is 30.3 Å². The maximum atomic E-state index is 9.96. The monoisotopic (exact) mass is 432 g/mol. The van der Waals surface area contributed by atoms with Gasteiger partial charge in [0.15, 0.2) is 17.2 Å². The highest BCUT2D eigenvalue weighted by atomic mass is 16.5. The summed E-state index contributed by atoms with van der Waals surface area (Å²) < 4.78 is 11.8. The van der Waals surface area contributed by atoms with Gasteiger partial charge in [-0.1, -0.05) is 38.3 Å². The number of nitrogens with zero attached hydrogens (tertiary/aromatic N) is 4. The Hall–Kier alpha value is -3.19. The van der Waals surface area contributed by atoms with Crippen molar-refractivity contribution in [2.24, 2.45) is 0 Å². The van der Waals surface area contributed by atoms with Crippen molar-refractivity contribution < 1.29 is 14.3 Å². The molecular weight excluding hydrogens is 404 g/mol. The minimum absolute atomic E-state index is 0.186. The summed E-state index contributed by atoms with van der Waals surface area (Å²) in [4.78, 5) is 16.7. The summed E-state index contributed by atoms with van der Waals surface area (Å²) >= 11 is 0. The predicted molar refractivity (Wildman–Crippen MR) is 125 cm³/mol. The topological polar surface area (TPSA) is 84.5 Å². The number of furan rings is 1. The molecule has 0 aliphatic carbocycles. The van der Waals surface area contributed by atoms with Gasteiger partial charge in [-0.15, -0.1) is 0 Å². The minimum Gasteiger partial charge on any atom is -0.508 e. The Morgan fingerprint density at radius 2 is 1.88 bits per heavy atom. The van der Waals surface area contributed by atoms with E-state index in [9.17, 15) is 5.11 Å². The molecule has 1 fully saturated rings. The second-order valence-corrected chi connectivity index (χ2v) is 8.27. The van der Waals surface area contributed by atoms with Crippen molar-refractivity contribution in [2.75, 3.05) is 31.2 Å². The first kappa shape index (κ1) is 20.7. The Balaban J connectivity index is 1.61. The van der Waals surface area contributed by atoms with E-state index in [1.807, 2.05) is 6.07 Å². The molecule has 0 unspecified atom stereocenters. The third kappa shape index (κ3) is 4.12. The molecular formula is C25H28N4O3. The molecule has 7 nitrogen and oxygen atoms in total. The van der Waals surface area contributed by atoms with Gasteiger partial charge >= 0.3 is 0 Å². The standard InChI is InChI=1S/C25H28N4O3/c1-2-3-4-5-8-18-10-11-20-21-22(32-25(20)26-18)24(29-12-14-31-15-13-29)28-23(27-21)17-7-6-9-19(30)16-17/h6-7,9-11,16,30H,2-5,8,12-15H2,1H3. The fraction of sp³-hybridized carbons (Fsp3) is 0.400. The van der Waals surface area contributed by atoms with Crippen LogP contribution in [-0.4, -0.2) is 46.4 Å². The third-order valence-electron chi connectivity index (χ3n) is 5.92. The first-order valence-electron chi connectivity index (χ1n) is 11.4. The molecule has 4 heterocycles. The average Bonchev–Trinajstić information content (AvgIpc) is 3.19. The lowest BCUT2D eigenvalue weighted by molar-refractivity contribution is 0.122. The van der Waals surface area contributed by atoms with Crippen LogP contribution in [0.4, 0.5) is 5.82 Å². The number of unbranched alkanes of at least 4 members (excludes halogenated alkanes) is 3. The summed E-state index contributed by atoms with van der Waals surface area (Å²) in [5, 5.41) is 10.8. The smallest absolute Gasteiger partial charge is 0.229 e. The molecule has 5 rings (SSSR count). The maximum Gasteiger partial charge on any atom is 0.229 e. The van der Waals surface area contributed by atoms with Crippen molar-refractivity contribution >= 4 is 28.0 Å². The summed E-state index contributed by atoms with van der Waals surface area (Å²) in [5.41, 5.74) is 3.81. The fourth-order valence-electron chi connectivity index (χ4n) is 4.18. The van der Waals surface area contributed by atoms with Crippen LogP contribution >= 0.6 is 0 Å². The predicted octanol–water partition coefficient (Wildman–Crippen LogP) is 5.10. The van der Waals surface area contributed by atoms with Gasteiger partial charge in [0.1, 0.15) is 11.3 Å². The zero-order valence-corrected chi connectivity index (χ0v) is 18.4.